The molecule has 3 aromatic rings. The molecule has 0 aliphatic rings. The summed E-state index contributed by atoms with van der Waals surface area (Å²) in [7, 11) is 3.21. The molecule has 0 bridgehead atoms. The second kappa shape index (κ2) is 9.23. The molecule has 0 radical (unpaired) electrons. The van der Waals surface area contributed by atoms with Crippen LogP contribution in [0.5, 0.6) is 17.2 Å². The largest absolute Gasteiger partial charge is 0.497 e. The molecule has 0 saturated carbocycles. The number of amides is 1. The molecule has 1 amide bonds. The second-order valence-electron chi connectivity index (χ2n) is 5.93. The Hall–Kier alpha value is -3.06. The smallest absolute Gasteiger partial charge is 0.257 e. The third-order valence-corrected chi connectivity index (χ3v) is 4.75. The van der Waals surface area contributed by atoms with Crippen LogP contribution in [-0.2, 0) is 0 Å². The van der Waals surface area contributed by atoms with Crippen molar-refractivity contribution in [3.63, 3.8) is 0 Å². The number of carbonyl (C=O) groups excluding carboxylic acids is 1. The van der Waals surface area contributed by atoms with Gasteiger partial charge in [0.1, 0.15) is 17.2 Å². The number of thiazole rings is 1. The number of aromatic nitrogens is 1. The van der Waals surface area contributed by atoms with E-state index in [1.165, 1.54) is 11.3 Å². The molecular formula is C21H22N2O4S. The van der Waals surface area contributed by atoms with E-state index in [1.54, 1.807) is 38.5 Å². The van der Waals surface area contributed by atoms with E-state index in [-0.39, 0.29) is 5.91 Å². The first-order valence-corrected chi connectivity index (χ1v) is 9.74. The number of rotatable bonds is 8. The van der Waals surface area contributed by atoms with Crippen LogP contribution in [0.4, 0.5) is 5.13 Å². The van der Waals surface area contributed by atoms with Crippen molar-refractivity contribution in [2.45, 2.75) is 13.3 Å². The number of hydrogen-bond acceptors (Lipinski definition) is 6. The Balaban J connectivity index is 1.73. The molecule has 0 saturated heterocycles. The van der Waals surface area contributed by atoms with Crippen LogP contribution in [0.25, 0.3) is 11.3 Å². The molecule has 1 heterocycles. The van der Waals surface area contributed by atoms with Gasteiger partial charge in [0.2, 0.25) is 0 Å². The Labute approximate surface area is 168 Å². The molecule has 1 aromatic heterocycles. The highest BCUT2D eigenvalue weighted by Crippen LogP contribution is 2.35. The summed E-state index contributed by atoms with van der Waals surface area (Å²) >= 11 is 1.35. The summed E-state index contributed by atoms with van der Waals surface area (Å²) in [6.45, 7) is 2.70. The monoisotopic (exact) mass is 398 g/mol. The van der Waals surface area contributed by atoms with Gasteiger partial charge in [0.25, 0.3) is 5.91 Å². The lowest BCUT2D eigenvalue weighted by Crippen LogP contribution is -2.11. The number of methoxy groups -OCH3 is 2. The van der Waals surface area contributed by atoms with Crippen LogP contribution in [0.2, 0.25) is 0 Å². The Morgan fingerprint density at radius 3 is 2.50 bits per heavy atom. The standard InChI is InChI=1S/C21H22N2O4S/c1-4-11-27-15-7-5-14(6-8-15)20(24)23-21-22-18(13-28-21)17-12-16(25-2)9-10-19(17)26-3/h5-10,12-13H,4,11H2,1-3H3,(H,22,23,24). The molecule has 0 unspecified atom stereocenters. The molecular weight excluding hydrogens is 376 g/mol. The van der Waals surface area contributed by atoms with Crippen LogP contribution < -0.4 is 19.5 Å². The SMILES string of the molecule is CCCOc1ccc(C(=O)Nc2nc(-c3cc(OC)ccc3OC)cs2)cc1. The first-order valence-electron chi connectivity index (χ1n) is 8.86. The normalized spacial score (nSPS) is 10.4. The quantitative estimate of drug-likeness (QED) is 0.586. The summed E-state index contributed by atoms with van der Waals surface area (Å²) in [4.78, 5) is 17.0. The summed E-state index contributed by atoms with van der Waals surface area (Å²) in [6, 6.07) is 12.6. The fraction of sp³-hybridized carbons (Fsp3) is 0.238. The fourth-order valence-corrected chi connectivity index (χ4v) is 3.27. The minimum Gasteiger partial charge on any atom is -0.497 e. The van der Waals surface area contributed by atoms with E-state index in [1.807, 2.05) is 30.5 Å². The van der Waals surface area contributed by atoms with Gasteiger partial charge in [0.05, 0.1) is 26.5 Å². The van der Waals surface area contributed by atoms with Gasteiger partial charge in [0.15, 0.2) is 5.13 Å². The van der Waals surface area contributed by atoms with E-state index in [0.29, 0.717) is 34.5 Å². The number of nitrogens with one attached hydrogen (secondary N) is 1. The van der Waals surface area contributed by atoms with Gasteiger partial charge in [-0.05, 0) is 48.9 Å². The van der Waals surface area contributed by atoms with Gasteiger partial charge in [0, 0.05) is 16.5 Å². The molecule has 2 aromatic carbocycles. The summed E-state index contributed by atoms with van der Waals surface area (Å²) in [6.07, 6.45) is 0.937. The van der Waals surface area contributed by atoms with Crippen molar-refractivity contribution in [2.75, 3.05) is 26.1 Å². The predicted molar refractivity (Wildman–Crippen MR) is 111 cm³/mol. The zero-order valence-electron chi connectivity index (χ0n) is 16.0. The maximum atomic E-state index is 12.5. The van der Waals surface area contributed by atoms with Crippen molar-refractivity contribution in [1.29, 1.82) is 0 Å². The van der Waals surface area contributed by atoms with Gasteiger partial charge in [-0.3, -0.25) is 10.1 Å². The van der Waals surface area contributed by atoms with Crippen LogP contribution in [0.3, 0.4) is 0 Å². The van der Waals surface area contributed by atoms with Gasteiger partial charge < -0.3 is 14.2 Å². The van der Waals surface area contributed by atoms with Crippen LogP contribution >= 0.6 is 11.3 Å². The lowest BCUT2D eigenvalue weighted by atomic mass is 10.1. The Morgan fingerprint density at radius 1 is 1.07 bits per heavy atom. The second-order valence-corrected chi connectivity index (χ2v) is 6.79. The predicted octanol–water partition coefficient (Wildman–Crippen LogP) is 4.87. The lowest BCUT2D eigenvalue weighted by Gasteiger charge is -2.08. The molecule has 0 spiro atoms. The van der Waals surface area contributed by atoms with Crippen molar-refractivity contribution in [2.24, 2.45) is 0 Å². The van der Waals surface area contributed by atoms with Crippen molar-refractivity contribution in [1.82, 2.24) is 4.98 Å². The summed E-state index contributed by atoms with van der Waals surface area (Å²) in [5.74, 6) is 1.92. The molecule has 146 valence electrons. The Kier molecular flexibility index (Phi) is 6.49. The molecule has 0 fully saturated rings. The molecule has 6 nitrogen and oxygen atoms in total. The van der Waals surface area contributed by atoms with Gasteiger partial charge in [-0.25, -0.2) is 4.98 Å². The third kappa shape index (κ3) is 4.61. The molecule has 7 heteroatoms. The highest BCUT2D eigenvalue weighted by molar-refractivity contribution is 7.14. The van der Waals surface area contributed by atoms with Crippen LogP contribution in [0.1, 0.15) is 23.7 Å². The molecule has 1 N–H and O–H groups in total. The van der Waals surface area contributed by atoms with Gasteiger partial charge in [-0.15, -0.1) is 11.3 Å². The van der Waals surface area contributed by atoms with Crippen molar-refractivity contribution >= 4 is 22.4 Å². The Bertz CT molecular complexity index is 938. The minimum atomic E-state index is -0.222. The lowest BCUT2D eigenvalue weighted by molar-refractivity contribution is 0.102. The van der Waals surface area contributed by atoms with E-state index in [9.17, 15) is 4.79 Å². The maximum absolute atomic E-state index is 12.5. The van der Waals surface area contributed by atoms with Crippen molar-refractivity contribution in [3.05, 3.63) is 53.4 Å². The molecule has 0 aliphatic heterocycles. The van der Waals surface area contributed by atoms with Gasteiger partial charge in [-0.1, -0.05) is 6.92 Å². The highest BCUT2D eigenvalue weighted by atomic mass is 32.1. The van der Waals surface area contributed by atoms with Crippen LogP contribution in [-0.4, -0.2) is 31.7 Å². The number of benzene rings is 2. The molecule has 0 aliphatic carbocycles. The number of anilines is 1. The van der Waals surface area contributed by atoms with Gasteiger partial charge in [-0.2, -0.15) is 0 Å². The molecule has 3 rings (SSSR count). The van der Waals surface area contributed by atoms with Crippen molar-refractivity contribution < 1.29 is 19.0 Å². The third-order valence-electron chi connectivity index (χ3n) is 4.00. The number of carbonyl (C=O) groups is 1. The highest BCUT2D eigenvalue weighted by Gasteiger charge is 2.14. The van der Waals surface area contributed by atoms with E-state index in [2.05, 4.69) is 10.3 Å². The number of hydrogen-bond donors (Lipinski definition) is 1. The first-order chi connectivity index (χ1) is 13.6. The van der Waals surface area contributed by atoms with Gasteiger partial charge >= 0.3 is 0 Å². The fourth-order valence-electron chi connectivity index (χ4n) is 2.56. The topological polar surface area (TPSA) is 69.7 Å². The number of nitrogens with zero attached hydrogens (tertiary/aromatic N) is 1. The Morgan fingerprint density at radius 2 is 1.82 bits per heavy atom. The summed E-state index contributed by atoms with van der Waals surface area (Å²) < 4.78 is 16.2. The van der Waals surface area contributed by atoms with Crippen molar-refractivity contribution in [3.8, 4) is 28.5 Å². The number of ether oxygens (including phenoxy) is 3. The van der Waals surface area contributed by atoms with Crippen LogP contribution in [0, 0.1) is 0 Å². The van der Waals surface area contributed by atoms with Crippen LogP contribution in [0.15, 0.2) is 47.8 Å². The average Bonchev–Trinajstić information content (AvgIpc) is 3.20. The summed E-state index contributed by atoms with van der Waals surface area (Å²) in [5, 5.41) is 5.21. The zero-order chi connectivity index (χ0) is 19.9. The molecule has 28 heavy (non-hydrogen) atoms. The zero-order valence-corrected chi connectivity index (χ0v) is 16.8. The maximum Gasteiger partial charge on any atom is 0.257 e. The van der Waals surface area contributed by atoms with E-state index in [0.717, 1.165) is 17.7 Å². The van der Waals surface area contributed by atoms with E-state index >= 15 is 0 Å². The van der Waals surface area contributed by atoms with E-state index in [4.69, 9.17) is 14.2 Å². The summed E-state index contributed by atoms with van der Waals surface area (Å²) in [5.41, 5.74) is 2.05. The molecule has 0 atom stereocenters. The first kappa shape index (κ1) is 19.7. The minimum absolute atomic E-state index is 0.222. The van der Waals surface area contributed by atoms with E-state index < -0.39 is 0 Å². The average molecular weight is 398 g/mol.